The maximum Gasteiger partial charge on any atom is 0.330 e. The molecule has 5 heteroatoms. The number of hydrogen-bond acceptors (Lipinski definition) is 3. The lowest BCUT2D eigenvalue weighted by molar-refractivity contribution is -0.137. The van der Waals surface area contributed by atoms with Gasteiger partial charge in [-0.3, -0.25) is 0 Å². The topological polar surface area (TPSA) is 55.0 Å². The van der Waals surface area contributed by atoms with Crippen molar-refractivity contribution < 1.29 is 9.53 Å². The number of carbonyl (C=O) groups is 1. The Balaban J connectivity index is 0.000000861. The van der Waals surface area contributed by atoms with Crippen molar-refractivity contribution in [2.45, 2.75) is 20.8 Å². The SMILES string of the molecule is CC.CCOC(=O)/C=C/c1cc2c(Cl)nccc2[nH]1. The number of carbonyl (C=O) groups excluding carboxylic acids is 1. The van der Waals surface area contributed by atoms with E-state index in [4.69, 9.17) is 16.3 Å². The maximum atomic E-state index is 11.1. The molecule has 1 N–H and O–H groups in total. The second-order valence-corrected chi connectivity index (χ2v) is 3.73. The highest BCUT2D eigenvalue weighted by Gasteiger charge is 2.03. The molecular formula is C14H17ClN2O2. The number of nitrogens with one attached hydrogen (secondary N) is 1. The molecule has 0 aliphatic heterocycles. The van der Waals surface area contributed by atoms with E-state index in [2.05, 4.69) is 9.97 Å². The Bertz CT molecular complexity index is 576. The molecule has 0 radical (unpaired) electrons. The number of hydrogen-bond donors (Lipinski definition) is 1. The monoisotopic (exact) mass is 280 g/mol. The first-order valence-electron chi connectivity index (χ1n) is 6.18. The summed E-state index contributed by atoms with van der Waals surface area (Å²) in [7, 11) is 0. The maximum absolute atomic E-state index is 11.1. The number of halogens is 1. The van der Waals surface area contributed by atoms with Crippen LogP contribution in [-0.4, -0.2) is 22.5 Å². The van der Waals surface area contributed by atoms with Crippen molar-refractivity contribution in [2.75, 3.05) is 6.61 Å². The summed E-state index contributed by atoms with van der Waals surface area (Å²) in [6.45, 7) is 6.13. The van der Waals surface area contributed by atoms with Gasteiger partial charge in [-0.15, -0.1) is 0 Å². The van der Waals surface area contributed by atoms with Crippen LogP contribution < -0.4 is 0 Å². The Morgan fingerprint density at radius 1 is 1.53 bits per heavy atom. The Kier molecular flexibility index (Phi) is 6.09. The molecule has 102 valence electrons. The van der Waals surface area contributed by atoms with Gasteiger partial charge < -0.3 is 9.72 Å². The number of esters is 1. The minimum absolute atomic E-state index is 0.365. The van der Waals surface area contributed by atoms with Crippen molar-refractivity contribution in [3.05, 3.63) is 35.3 Å². The fourth-order valence-corrected chi connectivity index (χ4v) is 1.69. The zero-order chi connectivity index (χ0) is 14.3. The highest BCUT2D eigenvalue weighted by molar-refractivity contribution is 6.34. The van der Waals surface area contributed by atoms with E-state index < -0.39 is 0 Å². The molecule has 0 amide bonds. The van der Waals surface area contributed by atoms with Crippen LogP contribution in [0.3, 0.4) is 0 Å². The molecule has 2 heterocycles. The molecule has 0 unspecified atom stereocenters. The summed E-state index contributed by atoms with van der Waals surface area (Å²) in [5, 5.41) is 1.27. The molecular weight excluding hydrogens is 264 g/mol. The quantitative estimate of drug-likeness (QED) is 0.528. The van der Waals surface area contributed by atoms with Gasteiger partial charge in [0.1, 0.15) is 5.15 Å². The van der Waals surface area contributed by atoms with Gasteiger partial charge in [-0.25, -0.2) is 9.78 Å². The van der Waals surface area contributed by atoms with Crippen LogP contribution in [0.5, 0.6) is 0 Å². The number of fused-ring (bicyclic) bond motifs is 1. The van der Waals surface area contributed by atoms with E-state index in [-0.39, 0.29) is 5.97 Å². The van der Waals surface area contributed by atoms with Gasteiger partial charge in [-0.05, 0) is 25.1 Å². The summed E-state index contributed by atoms with van der Waals surface area (Å²) in [6, 6.07) is 3.66. The molecule has 0 aromatic carbocycles. The number of aromatic amines is 1. The van der Waals surface area contributed by atoms with Gasteiger partial charge in [0.15, 0.2) is 0 Å². The van der Waals surface area contributed by atoms with Crippen molar-refractivity contribution in [1.29, 1.82) is 0 Å². The number of aromatic nitrogens is 2. The summed E-state index contributed by atoms with van der Waals surface area (Å²) in [6.07, 6.45) is 4.64. The largest absolute Gasteiger partial charge is 0.463 e. The predicted octanol–water partition coefficient (Wildman–Crippen LogP) is 3.82. The molecule has 19 heavy (non-hydrogen) atoms. The fourth-order valence-electron chi connectivity index (χ4n) is 1.48. The van der Waals surface area contributed by atoms with Gasteiger partial charge in [-0.2, -0.15) is 0 Å². The summed E-state index contributed by atoms with van der Waals surface area (Å²) < 4.78 is 4.78. The number of pyridine rings is 1. The smallest absolute Gasteiger partial charge is 0.330 e. The van der Waals surface area contributed by atoms with Crippen molar-refractivity contribution in [3.8, 4) is 0 Å². The molecule has 0 saturated carbocycles. The predicted molar refractivity (Wildman–Crippen MR) is 78.1 cm³/mol. The van der Waals surface area contributed by atoms with Gasteiger partial charge in [-0.1, -0.05) is 25.4 Å². The van der Waals surface area contributed by atoms with Crippen LogP contribution in [0.25, 0.3) is 17.0 Å². The first-order valence-corrected chi connectivity index (χ1v) is 6.56. The van der Waals surface area contributed by atoms with Gasteiger partial charge in [0.25, 0.3) is 0 Å². The molecule has 0 aliphatic rings. The van der Waals surface area contributed by atoms with Crippen molar-refractivity contribution in [2.24, 2.45) is 0 Å². The molecule has 0 saturated heterocycles. The molecule has 2 aromatic rings. The Labute approximate surface area is 117 Å². The van der Waals surface area contributed by atoms with E-state index in [1.807, 2.05) is 26.0 Å². The molecule has 0 spiro atoms. The van der Waals surface area contributed by atoms with Crippen LogP contribution in [0.1, 0.15) is 26.5 Å². The van der Waals surface area contributed by atoms with Crippen LogP contribution in [0.4, 0.5) is 0 Å². The van der Waals surface area contributed by atoms with E-state index in [1.54, 1.807) is 19.2 Å². The number of ether oxygens (including phenoxy) is 1. The average molecular weight is 281 g/mol. The summed E-state index contributed by atoms with van der Waals surface area (Å²) >= 11 is 5.94. The lowest BCUT2D eigenvalue weighted by atomic mass is 10.3. The number of H-pyrrole nitrogens is 1. The van der Waals surface area contributed by atoms with Crippen LogP contribution in [0.15, 0.2) is 24.4 Å². The van der Waals surface area contributed by atoms with E-state index in [9.17, 15) is 4.79 Å². The molecule has 2 aromatic heterocycles. The Morgan fingerprint density at radius 2 is 2.26 bits per heavy atom. The minimum Gasteiger partial charge on any atom is -0.463 e. The van der Waals surface area contributed by atoms with Gasteiger partial charge in [0.05, 0.1) is 12.1 Å². The molecule has 2 rings (SSSR count). The zero-order valence-electron chi connectivity index (χ0n) is 11.2. The third kappa shape index (κ3) is 4.10. The van der Waals surface area contributed by atoms with E-state index in [1.165, 1.54) is 6.08 Å². The average Bonchev–Trinajstić information content (AvgIpc) is 2.84. The first-order chi connectivity index (χ1) is 9.20. The van der Waals surface area contributed by atoms with Crippen molar-refractivity contribution in [1.82, 2.24) is 9.97 Å². The van der Waals surface area contributed by atoms with E-state index >= 15 is 0 Å². The van der Waals surface area contributed by atoms with E-state index in [0.29, 0.717) is 11.8 Å². The fraction of sp³-hybridized carbons (Fsp3) is 0.286. The minimum atomic E-state index is -0.365. The normalized spacial score (nSPS) is 10.3. The second kappa shape index (κ2) is 7.59. The lowest BCUT2D eigenvalue weighted by Gasteiger charge is -1.93. The second-order valence-electron chi connectivity index (χ2n) is 3.37. The Morgan fingerprint density at radius 3 is 2.89 bits per heavy atom. The van der Waals surface area contributed by atoms with Crippen molar-refractivity contribution in [3.63, 3.8) is 0 Å². The Hall–Kier alpha value is -1.81. The molecule has 0 atom stereocenters. The van der Waals surface area contributed by atoms with Crippen LogP contribution in [0.2, 0.25) is 5.15 Å². The van der Waals surface area contributed by atoms with Crippen LogP contribution >= 0.6 is 11.6 Å². The standard InChI is InChI=1S/C12H11ClN2O2.C2H6/c1-2-17-11(16)4-3-8-7-9-10(15-8)5-6-14-12(9)13;1-2/h3-7,15H,2H2,1H3;1-2H3/b4-3+;. The first kappa shape index (κ1) is 15.2. The molecule has 0 fully saturated rings. The lowest BCUT2D eigenvalue weighted by Crippen LogP contribution is -1.98. The highest BCUT2D eigenvalue weighted by atomic mass is 35.5. The summed E-state index contributed by atoms with van der Waals surface area (Å²) in [4.78, 5) is 18.2. The summed E-state index contributed by atoms with van der Waals surface area (Å²) in [5.41, 5.74) is 1.66. The number of nitrogens with zero attached hydrogens (tertiary/aromatic N) is 1. The third-order valence-corrected chi connectivity index (χ3v) is 2.51. The van der Waals surface area contributed by atoms with Crippen LogP contribution in [-0.2, 0) is 9.53 Å². The number of rotatable bonds is 3. The third-order valence-electron chi connectivity index (χ3n) is 2.21. The van der Waals surface area contributed by atoms with E-state index in [0.717, 1.165) is 16.6 Å². The summed E-state index contributed by atoms with van der Waals surface area (Å²) in [5.74, 6) is -0.365. The molecule has 4 nitrogen and oxygen atoms in total. The van der Waals surface area contributed by atoms with Gasteiger partial charge in [0.2, 0.25) is 0 Å². The van der Waals surface area contributed by atoms with Gasteiger partial charge in [0, 0.05) is 23.4 Å². The van der Waals surface area contributed by atoms with Crippen molar-refractivity contribution >= 4 is 34.5 Å². The molecule has 0 bridgehead atoms. The molecule has 0 aliphatic carbocycles. The highest BCUT2D eigenvalue weighted by Crippen LogP contribution is 2.22. The van der Waals surface area contributed by atoms with Gasteiger partial charge >= 0.3 is 5.97 Å². The van der Waals surface area contributed by atoms with Crippen LogP contribution in [0, 0.1) is 0 Å². The zero-order valence-corrected chi connectivity index (χ0v) is 12.0.